The third-order valence-corrected chi connectivity index (χ3v) is 2.93. The van der Waals surface area contributed by atoms with Gasteiger partial charge in [0, 0.05) is 12.8 Å². The number of carbonyl (C=O) groups is 1. The van der Waals surface area contributed by atoms with Crippen molar-refractivity contribution in [2.45, 2.75) is 25.2 Å². The van der Waals surface area contributed by atoms with E-state index in [4.69, 9.17) is 9.68 Å². The van der Waals surface area contributed by atoms with Gasteiger partial charge in [-0.05, 0) is 34.5 Å². The minimum atomic E-state index is -0.701. The lowest BCUT2D eigenvalue weighted by Gasteiger charge is -2.31. The predicted molar refractivity (Wildman–Crippen MR) is 52.7 cm³/mol. The van der Waals surface area contributed by atoms with Gasteiger partial charge in [-0.25, -0.2) is 0 Å². The molecule has 1 aromatic rings. The minimum absolute atomic E-state index is 0.124. The molecule has 0 N–H and O–H groups in total. The largest absolute Gasteiger partial charge is 0.452 e. The maximum Gasteiger partial charge on any atom is 0.169 e. The van der Waals surface area contributed by atoms with E-state index >= 15 is 0 Å². The molecule has 14 heavy (non-hydrogen) atoms. The number of Topliss-reactive ketones (excluding diaryl/α,β-unsaturated/α-hetero) is 1. The molecule has 1 aliphatic rings. The molecule has 0 radical (unpaired) electrons. The summed E-state index contributed by atoms with van der Waals surface area (Å²) in [4.78, 5) is 11.0. The summed E-state index contributed by atoms with van der Waals surface area (Å²) in [7, 11) is 0. The summed E-state index contributed by atoms with van der Waals surface area (Å²) >= 11 is 3.21. The first-order chi connectivity index (χ1) is 6.57. The van der Waals surface area contributed by atoms with Crippen LogP contribution in [0.15, 0.2) is 15.2 Å². The first-order valence-corrected chi connectivity index (χ1v) is 5.06. The summed E-state index contributed by atoms with van der Waals surface area (Å²) in [5, 5.41) is 9.06. The van der Waals surface area contributed by atoms with Gasteiger partial charge in [-0.2, -0.15) is 5.26 Å². The van der Waals surface area contributed by atoms with Crippen LogP contribution in [0, 0.1) is 18.3 Å². The van der Waals surface area contributed by atoms with E-state index in [1.54, 1.807) is 0 Å². The summed E-state index contributed by atoms with van der Waals surface area (Å²) in [6.45, 7) is 1.88. The van der Waals surface area contributed by atoms with Crippen LogP contribution < -0.4 is 0 Å². The smallest absolute Gasteiger partial charge is 0.169 e. The normalized spacial score (nSPS) is 18.8. The van der Waals surface area contributed by atoms with E-state index in [1.807, 2.05) is 13.0 Å². The molecular formula is C10H8BrNO2. The monoisotopic (exact) mass is 253 g/mol. The Morgan fingerprint density at radius 3 is 2.64 bits per heavy atom. The number of halogens is 1. The van der Waals surface area contributed by atoms with Gasteiger partial charge in [-0.15, -0.1) is 0 Å². The quantitative estimate of drug-likeness (QED) is 0.773. The number of nitriles is 1. The van der Waals surface area contributed by atoms with Crippen molar-refractivity contribution < 1.29 is 9.21 Å². The van der Waals surface area contributed by atoms with Crippen LogP contribution in [0.3, 0.4) is 0 Å². The molecule has 0 atom stereocenters. The van der Waals surface area contributed by atoms with E-state index in [0.29, 0.717) is 10.4 Å². The van der Waals surface area contributed by atoms with Crippen LogP contribution in [0.2, 0.25) is 0 Å². The second-order valence-electron chi connectivity index (χ2n) is 3.65. The van der Waals surface area contributed by atoms with Crippen LogP contribution in [0.4, 0.5) is 0 Å². The summed E-state index contributed by atoms with van der Waals surface area (Å²) < 4.78 is 6.01. The number of aryl methyl sites for hydroxylation is 1. The number of hydrogen-bond acceptors (Lipinski definition) is 3. The minimum Gasteiger partial charge on any atom is -0.452 e. The van der Waals surface area contributed by atoms with Crippen LogP contribution in [0.1, 0.15) is 24.2 Å². The fourth-order valence-electron chi connectivity index (χ4n) is 1.83. The first kappa shape index (κ1) is 9.47. The van der Waals surface area contributed by atoms with Crippen LogP contribution in [0.5, 0.6) is 0 Å². The van der Waals surface area contributed by atoms with Crippen molar-refractivity contribution in [1.29, 1.82) is 5.26 Å². The zero-order valence-electron chi connectivity index (χ0n) is 7.63. The Labute approximate surface area is 89.8 Å². The topological polar surface area (TPSA) is 54.0 Å². The zero-order chi connectivity index (χ0) is 10.3. The van der Waals surface area contributed by atoms with E-state index in [2.05, 4.69) is 22.0 Å². The lowest BCUT2D eigenvalue weighted by molar-refractivity contribution is -0.127. The molecule has 1 heterocycles. The fraction of sp³-hybridized carbons (Fsp3) is 0.400. The van der Waals surface area contributed by atoms with Crippen LogP contribution >= 0.6 is 15.9 Å². The van der Waals surface area contributed by atoms with Gasteiger partial charge < -0.3 is 4.42 Å². The van der Waals surface area contributed by atoms with Crippen molar-refractivity contribution in [2.75, 3.05) is 0 Å². The molecule has 1 aromatic heterocycles. The molecule has 1 fully saturated rings. The molecule has 0 amide bonds. The lowest BCUT2D eigenvalue weighted by atomic mass is 9.66. The molecule has 4 heteroatoms. The third kappa shape index (κ3) is 1.20. The van der Waals surface area contributed by atoms with Crippen molar-refractivity contribution in [3.05, 3.63) is 22.1 Å². The second kappa shape index (κ2) is 2.96. The molecular weight excluding hydrogens is 246 g/mol. The summed E-state index contributed by atoms with van der Waals surface area (Å²) in [6.07, 6.45) is 0.564. The van der Waals surface area contributed by atoms with Crippen LogP contribution in [-0.2, 0) is 10.2 Å². The highest BCUT2D eigenvalue weighted by atomic mass is 79.9. The number of rotatable bonds is 1. The first-order valence-electron chi connectivity index (χ1n) is 4.27. The Balaban J connectivity index is 2.44. The predicted octanol–water partition coefficient (Wildman–Crippen LogP) is 2.47. The molecule has 0 bridgehead atoms. The molecule has 3 nitrogen and oxygen atoms in total. The average Bonchev–Trinajstić information content (AvgIpc) is 2.40. The molecule has 0 unspecified atom stereocenters. The van der Waals surface area contributed by atoms with Gasteiger partial charge in [0.05, 0.1) is 6.07 Å². The maximum absolute atomic E-state index is 11.0. The number of furan rings is 1. The van der Waals surface area contributed by atoms with Gasteiger partial charge in [0.2, 0.25) is 0 Å². The van der Waals surface area contributed by atoms with Crippen molar-refractivity contribution in [3.8, 4) is 6.07 Å². The Morgan fingerprint density at radius 1 is 1.64 bits per heavy atom. The van der Waals surface area contributed by atoms with Gasteiger partial charge >= 0.3 is 0 Å². The average molecular weight is 254 g/mol. The molecule has 0 aliphatic heterocycles. The van der Waals surface area contributed by atoms with Crippen molar-refractivity contribution >= 4 is 21.7 Å². The Bertz CT molecular complexity index is 433. The second-order valence-corrected chi connectivity index (χ2v) is 4.43. The highest BCUT2D eigenvalue weighted by Gasteiger charge is 2.49. The van der Waals surface area contributed by atoms with Crippen LogP contribution in [-0.4, -0.2) is 5.78 Å². The maximum atomic E-state index is 11.0. The van der Waals surface area contributed by atoms with Crippen molar-refractivity contribution in [3.63, 3.8) is 0 Å². The van der Waals surface area contributed by atoms with Gasteiger partial charge in [-0.3, -0.25) is 4.79 Å². The number of ketones is 1. The van der Waals surface area contributed by atoms with E-state index in [9.17, 15) is 4.79 Å². The van der Waals surface area contributed by atoms with Gasteiger partial charge in [0.15, 0.2) is 4.67 Å². The summed E-state index contributed by atoms with van der Waals surface area (Å²) in [6, 6.07) is 4.00. The lowest BCUT2D eigenvalue weighted by Crippen LogP contribution is -2.40. The standard InChI is InChI=1S/C10H8BrNO2/c1-6-2-8(11)14-9(6)10(5-12)3-7(13)4-10/h2H,3-4H2,1H3. The third-order valence-electron chi connectivity index (χ3n) is 2.53. The summed E-state index contributed by atoms with van der Waals surface area (Å²) in [5.41, 5.74) is 0.221. The molecule has 0 spiro atoms. The fourth-order valence-corrected chi connectivity index (χ4v) is 2.34. The van der Waals surface area contributed by atoms with Crippen LogP contribution in [0.25, 0.3) is 0 Å². The van der Waals surface area contributed by atoms with Crippen molar-refractivity contribution in [2.24, 2.45) is 0 Å². The Morgan fingerprint density at radius 2 is 2.29 bits per heavy atom. The Kier molecular flexibility index (Phi) is 2.00. The molecule has 1 saturated carbocycles. The number of hydrogen-bond donors (Lipinski definition) is 0. The van der Waals surface area contributed by atoms with Gasteiger partial charge in [-0.1, -0.05) is 0 Å². The van der Waals surface area contributed by atoms with Gasteiger partial charge in [0.25, 0.3) is 0 Å². The van der Waals surface area contributed by atoms with E-state index in [1.165, 1.54) is 0 Å². The van der Waals surface area contributed by atoms with E-state index in [-0.39, 0.29) is 18.6 Å². The zero-order valence-corrected chi connectivity index (χ0v) is 9.22. The summed E-state index contributed by atoms with van der Waals surface area (Å²) in [5.74, 6) is 0.755. The number of nitrogens with zero attached hydrogens (tertiary/aromatic N) is 1. The van der Waals surface area contributed by atoms with E-state index in [0.717, 1.165) is 5.56 Å². The SMILES string of the molecule is Cc1cc(Br)oc1C1(C#N)CC(=O)C1. The molecule has 1 aliphatic carbocycles. The molecule has 72 valence electrons. The molecule has 2 rings (SSSR count). The number of carbonyl (C=O) groups excluding carboxylic acids is 1. The highest BCUT2D eigenvalue weighted by molar-refractivity contribution is 9.10. The molecule has 0 saturated heterocycles. The highest BCUT2D eigenvalue weighted by Crippen LogP contribution is 2.43. The van der Waals surface area contributed by atoms with Crippen molar-refractivity contribution in [1.82, 2.24) is 0 Å². The Hall–Kier alpha value is -1.08. The van der Waals surface area contributed by atoms with Gasteiger partial charge in [0.1, 0.15) is 17.0 Å². The van der Waals surface area contributed by atoms with E-state index < -0.39 is 5.41 Å². The molecule has 0 aromatic carbocycles.